The molecule has 0 N–H and O–H groups in total. The molecule has 0 aliphatic carbocycles. The number of likely N-dealkylation sites (tertiary alicyclic amines) is 1. The lowest BCUT2D eigenvalue weighted by atomic mass is 9.97. The van der Waals surface area contributed by atoms with E-state index in [-0.39, 0.29) is 0 Å². The van der Waals surface area contributed by atoms with E-state index in [2.05, 4.69) is 9.55 Å². The fraction of sp³-hybridized carbons (Fsp3) is 0.667. The van der Waals surface area contributed by atoms with E-state index in [0.717, 1.165) is 44.8 Å². The zero-order valence-corrected chi connectivity index (χ0v) is 9.59. The highest BCUT2D eigenvalue weighted by Gasteiger charge is 2.15. The number of carbonyl (C=O) groups excluding carboxylic acids is 1. The van der Waals surface area contributed by atoms with E-state index in [1.165, 1.54) is 12.8 Å². The Balaban J connectivity index is 1.75. The highest BCUT2D eigenvalue weighted by Crippen LogP contribution is 2.20. The number of nitrogens with zero attached hydrogens (tertiary/aromatic N) is 3. The first-order valence-electron chi connectivity index (χ1n) is 6.03. The van der Waals surface area contributed by atoms with Crippen LogP contribution in [0.15, 0.2) is 18.7 Å². The Labute approximate surface area is 96.3 Å². The molecule has 1 aromatic heterocycles. The molecule has 1 amide bonds. The molecule has 0 radical (unpaired) electrons. The van der Waals surface area contributed by atoms with Crippen LogP contribution in [0.25, 0.3) is 0 Å². The van der Waals surface area contributed by atoms with Crippen molar-refractivity contribution in [3.05, 3.63) is 18.7 Å². The highest BCUT2D eigenvalue weighted by molar-refractivity contribution is 5.46. The molecule has 0 saturated carbocycles. The summed E-state index contributed by atoms with van der Waals surface area (Å²) in [5.41, 5.74) is 0. The van der Waals surface area contributed by atoms with Gasteiger partial charge in [0.1, 0.15) is 0 Å². The molecule has 2 rings (SSSR count). The molecule has 0 spiro atoms. The number of aryl methyl sites for hydroxylation is 1. The molecule has 0 bridgehead atoms. The Kier molecular flexibility index (Phi) is 3.97. The van der Waals surface area contributed by atoms with Crippen LogP contribution in [0, 0.1) is 5.92 Å². The molecular weight excluding hydrogens is 202 g/mol. The lowest BCUT2D eigenvalue weighted by Gasteiger charge is -2.15. The maximum atomic E-state index is 10.7. The van der Waals surface area contributed by atoms with E-state index in [0.29, 0.717) is 0 Å². The van der Waals surface area contributed by atoms with E-state index in [1.54, 1.807) is 0 Å². The van der Waals surface area contributed by atoms with E-state index in [4.69, 9.17) is 0 Å². The summed E-state index contributed by atoms with van der Waals surface area (Å²) < 4.78 is 2.13. The standard InChI is InChI=1S/C12H19N3O/c16-11-15-6-1-2-12(4-8-15)3-7-14-9-5-13-10-14/h5,9-12H,1-4,6-8H2. The molecule has 0 aromatic carbocycles. The van der Waals surface area contributed by atoms with Crippen molar-refractivity contribution < 1.29 is 4.79 Å². The lowest BCUT2D eigenvalue weighted by molar-refractivity contribution is -0.118. The van der Waals surface area contributed by atoms with Crippen LogP contribution in [-0.4, -0.2) is 34.0 Å². The third-order valence-electron chi connectivity index (χ3n) is 3.39. The van der Waals surface area contributed by atoms with Gasteiger partial charge in [-0.2, -0.15) is 0 Å². The van der Waals surface area contributed by atoms with Crippen molar-refractivity contribution in [2.75, 3.05) is 13.1 Å². The van der Waals surface area contributed by atoms with Crippen molar-refractivity contribution in [3.8, 4) is 0 Å². The van der Waals surface area contributed by atoms with Crippen molar-refractivity contribution in [1.29, 1.82) is 0 Å². The number of hydrogen-bond acceptors (Lipinski definition) is 2. The van der Waals surface area contributed by atoms with Gasteiger partial charge in [0.25, 0.3) is 0 Å². The second-order valence-corrected chi connectivity index (χ2v) is 4.53. The van der Waals surface area contributed by atoms with Gasteiger partial charge in [-0.1, -0.05) is 0 Å². The zero-order chi connectivity index (χ0) is 11.2. The molecule has 1 aromatic rings. The Morgan fingerprint density at radius 3 is 3.06 bits per heavy atom. The molecule has 1 fully saturated rings. The number of amides is 1. The summed E-state index contributed by atoms with van der Waals surface area (Å²) in [4.78, 5) is 16.6. The SMILES string of the molecule is O=CN1CCCC(CCn2ccnc2)CC1. The number of rotatable bonds is 4. The quantitative estimate of drug-likeness (QED) is 0.723. The van der Waals surface area contributed by atoms with Gasteiger partial charge >= 0.3 is 0 Å². The molecular formula is C12H19N3O. The third-order valence-corrected chi connectivity index (χ3v) is 3.39. The largest absolute Gasteiger partial charge is 0.345 e. The summed E-state index contributed by atoms with van der Waals surface area (Å²) in [6, 6.07) is 0. The predicted octanol–water partition coefficient (Wildman–Crippen LogP) is 1.53. The van der Waals surface area contributed by atoms with Gasteiger partial charge < -0.3 is 9.47 Å². The summed E-state index contributed by atoms with van der Waals surface area (Å²) in [5.74, 6) is 0.757. The van der Waals surface area contributed by atoms with Gasteiger partial charge in [0, 0.05) is 32.0 Å². The maximum absolute atomic E-state index is 10.7. The van der Waals surface area contributed by atoms with Crippen LogP contribution in [0.4, 0.5) is 0 Å². The minimum atomic E-state index is 0.757. The van der Waals surface area contributed by atoms with Gasteiger partial charge in [-0.25, -0.2) is 4.98 Å². The molecule has 1 aliphatic heterocycles. The minimum Gasteiger partial charge on any atom is -0.345 e. The molecule has 1 saturated heterocycles. The van der Waals surface area contributed by atoms with Crippen molar-refractivity contribution in [2.24, 2.45) is 5.92 Å². The molecule has 4 nitrogen and oxygen atoms in total. The summed E-state index contributed by atoms with van der Waals surface area (Å²) >= 11 is 0. The predicted molar refractivity (Wildman–Crippen MR) is 61.8 cm³/mol. The monoisotopic (exact) mass is 221 g/mol. The molecule has 1 aliphatic rings. The first kappa shape index (κ1) is 11.2. The van der Waals surface area contributed by atoms with Crippen LogP contribution in [0.3, 0.4) is 0 Å². The van der Waals surface area contributed by atoms with Crippen LogP contribution in [-0.2, 0) is 11.3 Å². The molecule has 1 atom stereocenters. The van der Waals surface area contributed by atoms with E-state index in [9.17, 15) is 4.79 Å². The average molecular weight is 221 g/mol. The Hall–Kier alpha value is -1.32. The van der Waals surface area contributed by atoms with E-state index < -0.39 is 0 Å². The lowest BCUT2D eigenvalue weighted by Crippen LogP contribution is -2.22. The third kappa shape index (κ3) is 3.08. The fourth-order valence-electron chi connectivity index (χ4n) is 2.33. The number of aromatic nitrogens is 2. The van der Waals surface area contributed by atoms with Gasteiger partial charge in [-0.3, -0.25) is 4.79 Å². The molecule has 88 valence electrons. The number of hydrogen-bond donors (Lipinski definition) is 0. The van der Waals surface area contributed by atoms with E-state index in [1.807, 2.05) is 23.6 Å². The Bertz CT molecular complexity index is 310. The van der Waals surface area contributed by atoms with Crippen LogP contribution in [0.1, 0.15) is 25.7 Å². The van der Waals surface area contributed by atoms with Crippen molar-refractivity contribution in [1.82, 2.24) is 14.5 Å². The summed E-state index contributed by atoms with van der Waals surface area (Å²) in [7, 11) is 0. The number of imidazole rings is 1. The van der Waals surface area contributed by atoms with Crippen molar-refractivity contribution in [3.63, 3.8) is 0 Å². The van der Waals surface area contributed by atoms with Gasteiger partial charge in [0.15, 0.2) is 0 Å². The first-order chi connectivity index (χ1) is 7.88. The van der Waals surface area contributed by atoms with Crippen LogP contribution in [0.5, 0.6) is 0 Å². The normalized spacial score (nSPS) is 21.8. The van der Waals surface area contributed by atoms with E-state index >= 15 is 0 Å². The van der Waals surface area contributed by atoms with Crippen LogP contribution < -0.4 is 0 Å². The van der Waals surface area contributed by atoms with Crippen LogP contribution >= 0.6 is 0 Å². The summed E-state index contributed by atoms with van der Waals surface area (Å²) in [5, 5.41) is 0. The average Bonchev–Trinajstić information content (AvgIpc) is 2.72. The minimum absolute atomic E-state index is 0.757. The molecule has 4 heteroatoms. The van der Waals surface area contributed by atoms with Crippen molar-refractivity contribution >= 4 is 6.41 Å². The first-order valence-corrected chi connectivity index (χ1v) is 6.03. The number of carbonyl (C=O) groups is 1. The Morgan fingerprint density at radius 1 is 1.38 bits per heavy atom. The van der Waals surface area contributed by atoms with Gasteiger partial charge in [0.05, 0.1) is 6.33 Å². The Morgan fingerprint density at radius 2 is 2.31 bits per heavy atom. The molecule has 1 unspecified atom stereocenters. The smallest absolute Gasteiger partial charge is 0.209 e. The van der Waals surface area contributed by atoms with Gasteiger partial charge in [-0.15, -0.1) is 0 Å². The molecule has 16 heavy (non-hydrogen) atoms. The highest BCUT2D eigenvalue weighted by atomic mass is 16.1. The van der Waals surface area contributed by atoms with Gasteiger partial charge in [-0.05, 0) is 31.6 Å². The zero-order valence-electron chi connectivity index (χ0n) is 9.59. The van der Waals surface area contributed by atoms with Gasteiger partial charge in [0.2, 0.25) is 6.41 Å². The second kappa shape index (κ2) is 5.68. The van der Waals surface area contributed by atoms with Crippen LogP contribution in [0.2, 0.25) is 0 Å². The summed E-state index contributed by atoms with van der Waals surface area (Å²) in [6.07, 6.45) is 11.4. The second-order valence-electron chi connectivity index (χ2n) is 4.53. The van der Waals surface area contributed by atoms with Crippen molar-refractivity contribution in [2.45, 2.75) is 32.2 Å². The fourth-order valence-corrected chi connectivity index (χ4v) is 2.33. The molecule has 2 heterocycles. The topological polar surface area (TPSA) is 38.1 Å². The summed E-state index contributed by atoms with van der Waals surface area (Å²) in [6.45, 7) is 2.91. The maximum Gasteiger partial charge on any atom is 0.209 e.